The van der Waals surface area contributed by atoms with Gasteiger partial charge in [-0.3, -0.25) is 4.79 Å². The number of hydrogen-bond acceptors (Lipinski definition) is 3. The van der Waals surface area contributed by atoms with E-state index in [1.807, 2.05) is 6.92 Å². The first-order chi connectivity index (χ1) is 5.04. The third-order valence-electron chi connectivity index (χ3n) is 2.47. The Morgan fingerprint density at radius 2 is 1.91 bits per heavy atom. The lowest BCUT2D eigenvalue weighted by Gasteiger charge is -2.34. The molecule has 0 aromatic heterocycles. The number of rotatable bonds is 0. The molecule has 0 aliphatic carbocycles. The molecule has 1 N–H and O–H groups in total. The van der Waals surface area contributed by atoms with Gasteiger partial charge in [0.1, 0.15) is 6.10 Å². The maximum Gasteiger partial charge on any atom is 0.311 e. The number of esters is 1. The smallest absolute Gasteiger partial charge is 0.311 e. The second-order valence-electron chi connectivity index (χ2n) is 3.28. The van der Waals surface area contributed by atoms with Gasteiger partial charge in [-0.05, 0) is 13.8 Å². The van der Waals surface area contributed by atoms with E-state index in [-0.39, 0.29) is 23.9 Å². The Labute approximate surface area is 66.4 Å². The van der Waals surface area contributed by atoms with Crippen LogP contribution in [0.2, 0.25) is 0 Å². The maximum absolute atomic E-state index is 11.0. The normalized spacial score (nSPS) is 45.3. The molecule has 0 aromatic carbocycles. The fourth-order valence-electron chi connectivity index (χ4n) is 1.27. The van der Waals surface area contributed by atoms with Crippen LogP contribution in [0.4, 0.5) is 0 Å². The van der Waals surface area contributed by atoms with Crippen LogP contribution in [0.5, 0.6) is 0 Å². The molecule has 2 unspecified atom stereocenters. The van der Waals surface area contributed by atoms with Crippen LogP contribution in [0, 0.1) is 11.8 Å². The number of ether oxygens (including phenoxy) is 1. The number of carbonyl (C=O) groups excluding carboxylic acids is 1. The number of aliphatic hydroxyl groups excluding tert-OH is 1. The molecule has 3 heteroatoms. The Kier molecular flexibility index (Phi) is 2.18. The topological polar surface area (TPSA) is 46.5 Å². The van der Waals surface area contributed by atoms with E-state index in [0.29, 0.717) is 0 Å². The summed E-state index contributed by atoms with van der Waals surface area (Å²) in [6, 6.07) is 0. The van der Waals surface area contributed by atoms with E-state index < -0.39 is 6.10 Å². The summed E-state index contributed by atoms with van der Waals surface area (Å²) < 4.78 is 4.98. The maximum atomic E-state index is 11.0. The molecule has 0 spiro atoms. The molecule has 0 bridgehead atoms. The predicted octanol–water partition coefficient (Wildman–Crippen LogP) is 0.565. The van der Waals surface area contributed by atoms with Crippen LogP contribution in [-0.4, -0.2) is 23.3 Å². The molecule has 64 valence electrons. The standard InChI is InChI=1S/C8H14O3/c1-4-6(3)11-8(10)5(2)7(4)9/h4-7,9H,1-3H3/t4?,5?,6-,7+/m1/s1. The molecule has 0 aromatic rings. The fourth-order valence-corrected chi connectivity index (χ4v) is 1.27. The second-order valence-corrected chi connectivity index (χ2v) is 3.28. The molecule has 1 heterocycles. The summed E-state index contributed by atoms with van der Waals surface area (Å²) in [5, 5.41) is 9.49. The van der Waals surface area contributed by atoms with Gasteiger partial charge in [0.2, 0.25) is 0 Å². The van der Waals surface area contributed by atoms with Gasteiger partial charge in [-0.25, -0.2) is 0 Å². The number of carbonyl (C=O) groups is 1. The molecule has 3 nitrogen and oxygen atoms in total. The zero-order valence-electron chi connectivity index (χ0n) is 7.07. The predicted molar refractivity (Wildman–Crippen MR) is 39.9 cm³/mol. The molecular formula is C8H14O3. The molecule has 1 fully saturated rings. The van der Waals surface area contributed by atoms with E-state index in [0.717, 1.165) is 0 Å². The molecule has 4 atom stereocenters. The monoisotopic (exact) mass is 158 g/mol. The molecule has 0 radical (unpaired) electrons. The van der Waals surface area contributed by atoms with E-state index in [9.17, 15) is 9.90 Å². The molecule has 0 saturated carbocycles. The molecule has 1 saturated heterocycles. The molecule has 1 aliphatic rings. The lowest BCUT2D eigenvalue weighted by Crippen LogP contribution is -2.45. The molecule has 1 aliphatic heterocycles. The largest absolute Gasteiger partial charge is 0.462 e. The van der Waals surface area contributed by atoms with Crippen molar-refractivity contribution in [3.05, 3.63) is 0 Å². The summed E-state index contributed by atoms with van der Waals surface area (Å²) in [7, 11) is 0. The molecule has 1 rings (SSSR count). The van der Waals surface area contributed by atoms with E-state index in [4.69, 9.17) is 4.74 Å². The summed E-state index contributed by atoms with van der Waals surface area (Å²) in [4.78, 5) is 11.0. The van der Waals surface area contributed by atoms with Crippen molar-refractivity contribution < 1.29 is 14.6 Å². The van der Waals surface area contributed by atoms with Crippen LogP contribution < -0.4 is 0 Å². The summed E-state index contributed by atoms with van der Waals surface area (Å²) >= 11 is 0. The Hall–Kier alpha value is -0.570. The van der Waals surface area contributed by atoms with Crippen LogP contribution >= 0.6 is 0 Å². The van der Waals surface area contributed by atoms with Gasteiger partial charge in [-0.2, -0.15) is 0 Å². The summed E-state index contributed by atoms with van der Waals surface area (Å²) in [5.41, 5.74) is 0. The van der Waals surface area contributed by atoms with Gasteiger partial charge in [0.05, 0.1) is 12.0 Å². The van der Waals surface area contributed by atoms with Gasteiger partial charge in [0.15, 0.2) is 0 Å². The highest BCUT2D eigenvalue weighted by Gasteiger charge is 2.37. The lowest BCUT2D eigenvalue weighted by molar-refractivity contribution is -0.175. The van der Waals surface area contributed by atoms with Crippen molar-refractivity contribution >= 4 is 5.97 Å². The molecule has 11 heavy (non-hydrogen) atoms. The van der Waals surface area contributed by atoms with Gasteiger partial charge < -0.3 is 9.84 Å². The SMILES string of the molecule is CC1C(=O)O[C@H](C)C(C)[C@@H]1O. The van der Waals surface area contributed by atoms with Crippen molar-refractivity contribution in [3.63, 3.8) is 0 Å². The summed E-state index contributed by atoms with van der Waals surface area (Å²) in [6.07, 6.45) is -0.708. The van der Waals surface area contributed by atoms with E-state index in [2.05, 4.69) is 0 Å². The third-order valence-corrected chi connectivity index (χ3v) is 2.47. The van der Waals surface area contributed by atoms with Crippen LogP contribution in [0.3, 0.4) is 0 Å². The van der Waals surface area contributed by atoms with Crippen LogP contribution in [0.15, 0.2) is 0 Å². The first-order valence-electron chi connectivity index (χ1n) is 3.92. The minimum absolute atomic E-state index is 0.0442. The molecule has 0 amide bonds. The van der Waals surface area contributed by atoms with Crippen molar-refractivity contribution in [2.45, 2.75) is 33.0 Å². The van der Waals surface area contributed by atoms with E-state index in [1.54, 1.807) is 13.8 Å². The zero-order chi connectivity index (χ0) is 8.59. The average molecular weight is 158 g/mol. The minimum atomic E-state index is -0.550. The van der Waals surface area contributed by atoms with E-state index >= 15 is 0 Å². The van der Waals surface area contributed by atoms with Crippen LogP contribution in [0.1, 0.15) is 20.8 Å². The summed E-state index contributed by atoms with van der Waals surface area (Å²) in [6.45, 7) is 5.38. The van der Waals surface area contributed by atoms with Gasteiger partial charge in [0.25, 0.3) is 0 Å². The van der Waals surface area contributed by atoms with Crippen molar-refractivity contribution in [1.29, 1.82) is 0 Å². The van der Waals surface area contributed by atoms with Crippen LogP contribution in [-0.2, 0) is 9.53 Å². The van der Waals surface area contributed by atoms with Crippen molar-refractivity contribution in [3.8, 4) is 0 Å². The minimum Gasteiger partial charge on any atom is -0.462 e. The Morgan fingerprint density at radius 1 is 1.36 bits per heavy atom. The summed E-state index contributed by atoms with van der Waals surface area (Å²) in [5.74, 6) is -0.619. The fraction of sp³-hybridized carbons (Fsp3) is 0.875. The van der Waals surface area contributed by atoms with Gasteiger partial charge in [-0.15, -0.1) is 0 Å². The number of hydrogen-bond donors (Lipinski definition) is 1. The average Bonchev–Trinajstić information content (AvgIpc) is 1.97. The van der Waals surface area contributed by atoms with Gasteiger partial charge in [-0.1, -0.05) is 6.92 Å². The second kappa shape index (κ2) is 2.81. The Bertz CT molecular complexity index is 167. The highest BCUT2D eigenvalue weighted by atomic mass is 16.5. The molecular weight excluding hydrogens is 144 g/mol. The zero-order valence-corrected chi connectivity index (χ0v) is 7.07. The first kappa shape index (κ1) is 8.53. The Morgan fingerprint density at radius 3 is 2.45 bits per heavy atom. The quantitative estimate of drug-likeness (QED) is 0.524. The highest BCUT2D eigenvalue weighted by molar-refractivity contribution is 5.73. The highest BCUT2D eigenvalue weighted by Crippen LogP contribution is 2.25. The lowest BCUT2D eigenvalue weighted by atomic mass is 9.87. The number of cyclic esters (lactones) is 1. The van der Waals surface area contributed by atoms with Gasteiger partial charge >= 0.3 is 5.97 Å². The van der Waals surface area contributed by atoms with Crippen molar-refractivity contribution in [1.82, 2.24) is 0 Å². The van der Waals surface area contributed by atoms with Crippen molar-refractivity contribution in [2.75, 3.05) is 0 Å². The van der Waals surface area contributed by atoms with E-state index in [1.165, 1.54) is 0 Å². The van der Waals surface area contributed by atoms with Crippen LogP contribution in [0.25, 0.3) is 0 Å². The van der Waals surface area contributed by atoms with Crippen molar-refractivity contribution in [2.24, 2.45) is 11.8 Å². The number of aliphatic hydroxyl groups is 1. The third kappa shape index (κ3) is 1.38. The first-order valence-corrected chi connectivity index (χ1v) is 3.92. The van der Waals surface area contributed by atoms with Gasteiger partial charge in [0, 0.05) is 5.92 Å². The Balaban J connectivity index is 2.70.